The van der Waals surface area contributed by atoms with Crippen molar-refractivity contribution >= 4 is 15.9 Å². The van der Waals surface area contributed by atoms with Crippen molar-refractivity contribution < 1.29 is 9.13 Å². The lowest BCUT2D eigenvalue weighted by Gasteiger charge is -2.23. The molecule has 0 aliphatic heterocycles. The lowest BCUT2D eigenvalue weighted by Crippen LogP contribution is -2.14. The molecule has 2 aromatic rings. The molecule has 1 aromatic carbocycles. The van der Waals surface area contributed by atoms with Gasteiger partial charge in [-0.3, -0.25) is 0 Å². The van der Waals surface area contributed by atoms with Crippen LogP contribution in [0.5, 0.6) is 11.6 Å². The average molecular weight is 338 g/mol. The summed E-state index contributed by atoms with van der Waals surface area (Å²) in [6.45, 7) is 6.54. The number of aromatic nitrogens is 1. The molecule has 0 atom stereocenters. The molecule has 0 unspecified atom stereocenters. The van der Waals surface area contributed by atoms with Crippen LogP contribution in [-0.4, -0.2) is 4.98 Å². The van der Waals surface area contributed by atoms with Gasteiger partial charge in [0.1, 0.15) is 5.75 Å². The molecule has 0 saturated heterocycles. The van der Waals surface area contributed by atoms with Gasteiger partial charge in [-0.1, -0.05) is 32.9 Å². The topological polar surface area (TPSA) is 22.1 Å². The van der Waals surface area contributed by atoms with Crippen molar-refractivity contribution in [3.63, 3.8) is 0 Å². The number of rotatable bonds is 4. The Labute approximate surface area is 127 Å². The van der Waals surface area contributed by atoms with E-state index in [1.54, 1.807) is 0 Å². The summed E-state index contributed by atoms with van der Waals surface area (Å²) < 4.78 is 19.7. The molecule has 4 heteroatoms. The first-order valence-electron chi connectivity index (χ1n) is 6.52. The molecule has 0 aliphatic rings. The summed E-state index contributed by atoms with van der Waals surface area (Å²) in [5, 5.41) is 0. The van der Waals surface area contributed by atoms with E-state index in [9.17, 15) is 4.39 Å². The molecule has 0 spiro atoms. The van der Waals surface area contributed by atoms with Crippen LogP contribution in [0, 0.1) is 5.82 Å². The lowest BCUT2D eigenvalue weighted by atomic mass is 9.82. The van der Waals surface area contributed by atoms with Gasteiger partial charge in [-0.15, -0.1) is 0 Å². The van der Waals surface area contributed by atoms with Crippen LogP contribution < -0.4 is 4.74 Å². The highest BCUT2D eigenvalue weighted by molar-refractivity contribution is 9.10. The van der Waals surface area contributed by atoms with Crippen molar-refractivity contribution in [3.05, 3.63) is 52.4 Å². The maximum absolute atomic E-state index is 13.6. The smallest absolute Gasteiger partial charge is 0.255 e. The standard InChI is InChI=1S/C16H17BrFNO/c1-4-16(2,3)11-5-7-13(8-6-11)20-15-14(18)9-12(17)10-19-15/h5-10H,4H2,1-3H3. The van der Waals surface area contributed by atoms with Gasteiger partial charge < -0.3 is 4.74 Å². The van der Waals surface area contributed by atoms with Gasteiger partial charge in [0.05, 0.1) is 0 Å². The summed E-state index contributed by atoms with van der Waals surface area (Å²) in [5.74, 6) is 0.0717. The molecule has 0 bridgehead atoms. The van der Waals surface area contributed by atoms with E-state index in [2.05, 4.69) is 41.7 Å². The van der Waals surface area contributed by atoms with Crippen molar-refractivity contribution in [2.75, 3.05) is 0 Å². The SMILES string of the molecule is CCC(C)(C)c1ccc(Oc2ncc(Br)cc2F)cc1. The molecule has 0 saturated carbocycles. The zero-order chi connectivity index (χ0) is 14.8. The van der Waals surface area contributed by atoms with E-state index in [0.717, 1.165) is 6.42 Å². The first-order chi connectivity index (χ1) is 9.42. The summed E-state index contributed by atoms with van der Waals surface area (Å²) in [6, 6.07) is 9.04. The summed E-state index contributed by atoms with van der Waals surface area (Å²) in [4.78, 5) is 3.92. The predicted octanol–water partition coefficient (Wildman–Crippen LogP) is 5.46. The van der Waals surface area contributed by atoms with Crippen LogP contribution in [0.3, 0.4) is 0 Å². The molecule has 1 aromatic heterocycles. The van der Waals surface area contributed by atoms with Crippen molar-refractivity contribution in [1.29, 1.82) is 0 Å². The van der Waals surface area contributed by atoms with Crippen LogP contribution in [0.15, 0.2) is 41.0 Å². The third-order valence-corrected chi connectivity index (χ3v) is 3.94. The summed E-state index contributed by atoms with van der Waals surface area (Å²) >= 11 is 3.16. The molecule has 0 aliphatic carbocycles. The number of hydrogen-bond acceptors (Lipinski definition) is 2. The van der Waals surface area contributed by atoms with E-state index >= 15 is 0 Å². The van der Waals surface area contributed by atoms with Crippen LogP contribution in [0.25, 0.3) is 0 Å². The minimum absolute atomic E-state index is 0.0179. The zero-order valence-electron chi connectivity index (χ0n) is 11.8. The molecule has 0 radical (unpaired) electrons. The maximum atomic E-state index is 13.6. The fourth-order valence-electron chi connectivity index (χ4n) is 1.77. The van der Waals surface area contributed by atoms with E-state index in [0.29, 0.717) is 10.2 Å². The van der Waals surface area contributed by atoms with Gasteiger partial charge in [0.15, 0.2) is 5.82 Å². The number of nitrogens with zero attached hydrogens (tertiary/aromatic N) is 1. The monoisotopic (exact) mass is 337 g/mol. The highest BCUT2D eigenvalue weighted by Crippen LogP contribution is 2.30. The second kappa shape index (κ2) is 5.92. The van der Waals surface area contributed by atoms with E-state index in [1.165, 1.54) is 17.8 Å². The van der Waals surface area contributed by atoms with Crippen LogP contribution in [0.1, 0.15) is 32.8 Å². The Kier molecular flexibility index (Phi) is 4.43. The van der Waals surface area contributed by atoms with Gasteiger partial charge in [-0.2, -0.15) is 0 Å². The molecular formula is C16H17BrFNO. The number of hydrogen-bond donors (Lipinski definition) is 0. The average Bonchev–Trinajstić information content (AvgIpc) is 2.42. The highest BCUT2D eigenvalue weighted by atomic mass is 79.9. The van der Waals surface area contributed by atoms with E-state index < -0.39 is 5.82 Å². The summed E-state index contributed by atoms with van der Waals surface area (Å²) in [7, 11) is 0. The summed E-state index contributed by atoms with van der Waals surface area (Å²) in [6.07, 6.45) is 2.56. The van der Waals surface area contributed by atoms with Crippen LogP contribution in [0.4, 0.5) is 4.39 Å². The van der Waals surface area contributed by atoms with Gasteiger partial charge in [-0.25, -0.2) is 9.37 Å². The maximum Gasteiger partial charge on any atom is 0.255 e. The zero-order valence-corrected chi connectivity index (χ0v) is 13.4. The molecule has 0 N–H and O–H groups in total. The van der Waals surface area contributed by atoms with Crippen molar-refractivity contribution in [2.24, 2.45) is 0 Å². The predicted molar refractivity (Wildman–Crippen MR) is 81.7 cm³/mol. The molecule has 0 amide bonds. The Bertz CT molecular complexity index is 596. The third kappa shape index (κ3) is 3.37. The third-order valence-electron chi connectivity index (χ3n) is 3.51. The fraction of sp³-hybridized carbons (Fsp3) is 0.312. The van der Waals surface area contributed by atoms with Crippen molar-refractivity contribution in [1.82, 2.24) is 4.98 Å². The minimum atomic E-state index is -0.489. The number of ether oxygens (including phenoxy) is 1. The fourth-order valence-corrected chi connectivity index (χ4v) is 2.07. The van der Waals surface area contributed by atoms with Gasteiger partial charge in [0.25, 0.3) is 5.88 Å². The number of pyridine rings is 1. The Balaban J connectivity index is 2.19. The van der Waals surface area contributed by atoms with Crippen molar-refractivity contribution in [2.45, 2.75) is 32.6 Å². The van der Waals surface area contributed by atoms with Crippen molar-refractivity contribution in [3.8, 4) is 11.6 Å². The Morgan fingerprint density at radius 2 is 1.90 bits per heavy atom. The Morgan fingerprint density at radius 1 is 1.25 bits per heavy atom. The normalized spacial score (nSPS) is 11.4. The van der Waals surface area contributed by atoms with Crippen LogP contribution >= 0.6 is 15.9 Å². The molecular weight excluding hydrogens is 321 g/mol. The second-order valence-corrected chi connectivity index (χ2v) is 6.22. The molecule has 1 heterocycles. The van der Waals surface area contributed by atoms with Crippen LogP contribution in [-0.2, 0) is 5.41 Å². The van der Waals surface area contributed by atoms with Gasteiger partial charge in [0, 0.05) is 10.7 Å². The van der Waals surface area contributed by atoms with Gasteiger partial charge in [0.2, 0.25) is 0 Å². The number of halogens is 2. The Morgan fingerprint density at radius 3 is 2.45 bits per heavy atom. The van der Waals surface area contributed by atoms with E-state index in [4.69, 9.17) is 4.74 Å². The van der Waals surface area contributed by atoms with Crippen LogP contribution in [0.2, 0.25) is 0 Å². The molecule has 106 valence electrons. The molecule has 20 heavy (non-hydrogen) atoms. The van der Waals surface area contributed by atoms with Gasteiger partial charge in [-0.05, 0) is 51.5 Å². The second-order valence-electron chi connectivity index (χ2n) is 5.30. The quantitative estimate of drug-likeness (QED) is 0.738. The first kappa shape index (κ1) is 15.0. The Hall–Kier alpha value is -1.42. The van der Waals surface area contributed by atoms with Gasteiger partial charge >= 0.3 is 0 Å². The minimum Gasteiger partial charge on any atom is -0.436 e. The largest absolute Gasteiger partial charge is 0.436 e. The molecule has 0 fully saturated rings. The first-order valence-corrected chi connectivity index (χ1v) is 7.31. The molecule has 2 nitrogen and oxygen atoms in total. The summed E-state index contributed by atoms with van der Waals surface area (Å²) in [5.41, 5.74) is 1.36. The lowest BCUT2D eigenvalue weighted by molar-refractivity contribution is 0.421. The highest BCUT2D eigenvalue weighted by Gasteiger charge is 2.17. The molecule has 2 rings (SSSR count). The van der Waals surface area contributed by atoms with E-state index in [-0.39, 0.29) is 11.3 Å². The number of benzene rings is 1. The van der Waals surface area contributed by atoms with E-state index in [1.807, 2.05) is 24.3 Å².